The number of ketones is 2. The highest BCUT2D eigenvalue weighted by Crippen LogP contribution is 2.28. The van der Waals surface area contributed by atoms with Crippen LogP contribution >= 0.6 is 0 Å². The Labute approximate surface area is 276 Å². The number of carbonyl (C=O) groups excluding carboxylic acids is 2. The average Bonchev–Trinajstić information content (AvgIpc) is 3.09. The zero-order valence-corrected chi connectivity index (χ0v) is 27.5. The van der Waals surface area contributed by atoms with Crippen LogP contribution in [0, 0.1) is 0 Å². The number of phenolic OH excluding ortho intramolecular Hbond substituents is 1. The SMILES string of the molecule is COc1ccc(/C=C/C(=O)c2ccccc2O)c(OC)c1.COc1ccc(/C=C/C(=O)c2ccccc2OCC=C(C)C)c(OC)c1. The Morgan fingerprint density at radius 2 is 1.11 bits per heavy atom. The van der Waals surface area contributed by atoms with Crippen LogP contribution in [0.5, 0.6) is 34.5 Å². The molecule has 0 spiro atoms. The summed E-state index contributed by atoms with van der Waals surface area (Å²) in [5.74, 6) is 2.76. The summed E-state index contributed by atoms with van der Waals surface area (Å²) in [6.45, 7) is 4.44. The number of benzene rings is 4. The number of hydrogen-bond acceptors (Lipinski definition) is 8. The molecule has 0 aliphatic heterocycles. The summed E-state index contributed by atoms with van der Waals surface area (Å²) in [6.07, 6.45) is 8.27. The molecule has 0 aliphatic carbocycles. The molecule has 0 unspecified atom stereocenters. The van der Waals surface area contributed by atoms with Gasteiger partial charge in [0.1, 0.15) is 41.1 Å². The predicted molar refractivity (Wildman–Crippen MR) is 185 cm³/mol. The van der Waals surface area contributed by atoms with Gasteiger partial charge in [-0.15, -0.1) is 0 Å². The molecule has 0 atom stereocenters. The molecule has 4 aromatic rings. The lowest BCUT2D eigenvalue weighted by molar-refractivity contribution is 0.103. The zero-order valence-electron chi connectivity index (χ0n) is 27.5. The van der Waals surface area contributed by atoms with E-state index in [-0.39, 0.29) is 22.9 Å². The van der Waals surface area contributed by atoms with Crippen molar-refractivity contribution in [1.29, 1.82) is 0 Å². The molecule has 0 amide bonds. The second-order valence-corrected chi connectivity index (χ2v) is 10.2. The molecule has 0 aliphatic rings. The minimum Gasteiger partial charge on any atom is -0.507 e. The number of para-hydroxylation sites is 2. The molecular formula is C39H40O8. The topological polar surface area (TPSA) is 101 Å². The Hall–Kier alpha value is -5.76. The van der Waals surface area contributed by atoms with Crippen molar-refractivity contribution in [1.82, 2.24) is 0 Å². The standard InChI is InChI=1S/C22H24O4.C17H16O4/c1-16(2)13-14-26-21-8-6-5-7-19(21)20(23)12-10-17-9-11-18(24-3)15-22(17)25-4;1-20-13-9-7-12(17(11-13)21-2)8-10-16(19)14-5-3-4-6-15(14)18/h5-13,15H,14H2,1-4H3;3-11,18H,1-2H3/b12-10+;10-8+. The molecule has 47 heavy (non-hydrogen) atoms. The fourth-order valence-electron chi connectivity index (χ4n) is 4.20. The van der Waals surface area contributed by atoms with E-state index >= 15 is 0 Å². The number of methoxy groups -OCH3 is 4. The third kappa shape index (κ3) is 10.7. The Balaban J connectivity index is 0.000000261. The first-order valence-electron chi connectivity index (χ1n) is 14.7. The molecular weight excluding hydrogens is 596 g/mol. The lowest BCUT2D eigenvalue weighted by atomic mass is 10.1. The minimum absolute atomic E-state index is 0.0335. The van der Waals surface area contributed by atoms with E-state index < -0.39 is 0 Å². The van der Waals surface area contributed by atoms with Crippen molar-refractivity contribution in [2.75, 3.05) is 35.0 Å². The Morgan fingerprint density at radius 3 is 1.60 bits per heavy atom. The largest absolute Gasteiger partial charge is 0.507 e. The summed E-state index contributed by atoms with van der Waals surface area (Å²) in [5, 5.41) is 9.65. The van der Waals surface area contributed by atoms with E-state index in [0.29, 0.717) is 40.9 Å². The summed E-state index contributed by atoms with van der Waals surface area (Å²) >= 11 is 0. The van der Waals surface area contributed by atoms with Crippen molar-refractivity contribution in [2.24, 2.45) is 0 Å². The predicted octanol–water partition coefficient (Wildman–Crippen LogP) is 8.25. The van der Waals surface area contributed by atoms with Gasteiger partial charge in [-0.3, -0.25) is 9.59 Å². The van der Waals surface area contributed by atoms with Crippen LogP contribution in [-0.2, 0) is 0 Å². The third-order valence-electron chi connectivity index (χ3n) is 6.76. The van der Waals surface area contributed by atoms with Crippen molar-refractivity contribution < 1.29 is 38.4 Å². The van der Waals surface area contributed by atoms with Crippen molar-refractivity contribution in [3.05, 3.63) is 131 Å². The first-order chi connectivity index (χ1) is 22.7. The van der Waals surface area contributed by atoms with Crippen LogP contribution in [0.4, 0.5) is 0 Å². The molecule has 0 radical (unpaired) electrons. The highest BCUT2D eigenvalue weighted by Gasteiger charge is 2.11. The van der Waals surface area contributed by atoms with E-state index in [0.717, 1.165) is 11.1 Å². The highest BCUT2D eigenvalue weighted by atomic mass is 16.5. The zero-order chi connectivity index (χ0) is 34.2. The van der Waals surface area contributed by atoms with Gasteiger partial charge in [-0.1, -0.05) is 29.8 Å². The van der Waals surface area contributed by atoms with Gasteiger partial charge < -0.3 is 28.8 Å². The van der Waals surface area contributed by atoms with Gasteiger partial charge in [0, 0.05) is 23.3 Å². The maximum atomic E-state index is 12.6. The van der Waals surface area contributed by atoms with E-state index in [1.54, 1.807) is 95.2 Å². The quantitative estimate of drug-likeness (QED) is 0.0890. The van der Waals surface area contributed by atoms with Crippen molar-refractivity contribution in [3.8, 4) is 34.5 Å². The van der Waals surface area contributed by atoms with E-state index in [1.807, 2.05) is 44.2 Å². The second-order valence-electron chi connectivity index (χ2n) is 10.2. The summed E-state index contributed by atoms with van der Waals surface area (Å²) in [7, 11) is 6.31. The highest BCUT2D eigenvalue weighted by molar-refractivity contribution is 6.09. The van der Waals surface area contributed by atoms with Crippen LogP contribution in [0.25, 0.3) is 12.2 Å². The molecule has 0 aromatic heterocycles. The number of aromatic hydroxyl groups is 1. The number of rotatable bonds is 13. The lowest BCUT2D eigenvalue weighted by Gasteiger charge is -2.09. The monoisotopic (exact) mass is 636 g/mol. The molecule has 0 bridgehead atoms. The number of ether oxygens (including phenoxy) is 5. The molecule has 1 N–H and O–H groups in total. The van der Waals surface area contributed by atoms with Crippen molar-refractivity contribution >= 4 is 23.7 Å². The van der Waals surface area contributed by atoms with Gasteiger partial charge in [0.05, 0.1) is 39.6 Å². The van der Waals surface area contributed by atoms with Gasteiger partial charge in [-0.05, 0) is 92.8 Å². The van der Waals surface area contributed by atoms with E-state index in [2.05, 4.69) is 0 Å². The number of phenols is 1. The van der Waals surface area contributed by atoms with Crippen LogP contribution in [0.3, 0.4) is 0 Å². The van der Waals surface area contributed by atoms with E-state index in [1.165, 1.54) is 23.8 Å². The van der Waals surface area contributed by atoms with Crippen LogP contribution in [-0.4, -0.2) is 51.7 Å². The van der Waals surface area contributed by atoms with Gasteiger partial charge in [0.2, 0.25) is 0 Å². The van der Waals surface area contributed by atoms with Crippen LogP contribution in [0.15, 0.2) is 109 Å². The molecule has 0 heterocycles. The first kappa shape index (κ1) is 35.7. The Morgan fingerprint density at radius 1 is 0.617 bits per heavy atom. The fourth-order valence-corrected chi connectivity index (χ4v) is 4.20. The molecule has 244 valence electrons. The van der Waals surface area contributed by atoms with Crippen molar-refractivity contribution in [2.45, 2.75) is 13.8 Å². The van der Waals surface area contributed by atoms with Crippen LogP contribution < -0.4 is 23.7 Å². The minimum atomic E-state index is -0.272. The van der Waals surface area contributed by atoms with E-state index in [9.17, 15) is 14.7 Å². The smallest absolute Gasteiger partial charge is 0.189 e. The summed E-state index contributed by atoms with van der Waals surface area (Å²) < 4.78 is 26.6. The van der Waals surface area contributed by atoms with Gasteiger partial charge >= 0.3 is 0 Å². The molecule has 8 nitrogen and oxygen atoms in total. The van der Waals surface area contributed by atoms with Crippen LogP contribution in [0.1, 0.15) is 45.7 Å². The fraction of sp³-hybridized carbons (Fsp3) is 0.179. The molecule has 0 fully saturated rings. The molecule has 4 aromatic carbocycles. The second kappa shape index (κ2) is 18.3. The normalized spacial score (nSPS) is 10.5. The maximum Gasteiger partial charge on any atom is 0.189 e. The van der Waals surface area contributed by atoms with Crippen molar-refractivity contribution in [3.63, 3.8) is 0 Å². The third-order valence-corrected chi connectivity index (χ3v) is 6.76. The maximum absolute atomic E-state index is 12.6. The first-order valence-corrected chi connectivity index (χ1v) is 14.7. The van der Waals surface area contributed by atoms with Crippen LogP contribution in [0.2, 0.25) is 0 Å². The number of allylic oxidation sites excluding steroid dienone is 3. The number of carbonyl (C=O) groups is 2. The van der Waals surface area contributed by atoms with Gasteiger partial charge in [0.25, 0.3) is 0 Å². The Bertz CT molecular complexity index is 1750. The summed E-state index contributed by atoms with van der Waals surface area (Å²) in [6, 6.07) is 24.4. The van der Waals surface area contributed by atoms with E-state index in [4.69, 9.17) is 23.7 Å². The lowest BCUT2D eigenvalue weighted by Crippen LogP contribution is -2.02. The summed E-state index contributed by atoms with van der Waals surface area (Å²) in [4.78, 5) is 24.7. The van der Waals surface area contributed by atoms with Gasteiger partial charge in [-0.25, -0.2) is 0 Å². The average molecular weight is 637 g/mol. The molecule has 0 saturated heterocycles. The molecule has 0 saturated carbocycles. The molecule has 8 heteroatoms. The van der Waals surface area contributed by atoms with Gasteiger partial charge in [-0.2, -0.15) is 0 Å². The number of hydrogen-bond donors (Lipinski definition) is 1. The molecule has 4 rings (SSSR count). The summed E-state index contributed by atoms with van der Waals surface area (Å²) in [5.41, 5.74) is 3.51. The Kier molecular flexibility index (Phi) is 13.9. The van der Waals surface area contributed by atoms with Gasteiger partial charge in [0.15, 0.2) is 11.6 Å².